The third-order valence-electron chi connectivity index (χ3n) is 3.15. The van der Waals surface area contributed by atoms with E-state index in [4.69, 9.17) is 0 Å². The minimum Gasteiger partial charge on any atom is -0.381 e. The predicted octanol–water partition coefficient (Wildman–Crippen LogP) is 4.13. The summed E-state index contributed by atoms with van der Waals surface area (Å²) in [6, 6.07) is 10.8. The number of aromatic nitrogens is 1. The van der Waals surface area contributed by atoms with E-state index in [9.17, 15) is 0 Å². The minimum atomic E-state index is 0.592. The SMILES string of the molecule is Cc1cnccc1NCc1ccc(C(C)C)cc1. The van der Waals surface area contributed by atoms with Gasteiger partial charge in [0.25, 0.3) is 0 Å². The number of anilines is 1. The maximum absolute atomic E-state index is 4.09. The fourth-order valence-electron chi connectivity index (χ4n) is 1.89. The Labute approximate surface area is 109 Å². The van der Waals surface area contributed by atoms with Crippen molar-refractivity contribution in [1.82, 2.24) is 4.98 Å². The summed E-state index contributed by atoms with van der Waals surface area (Å²) in [5.41, 5.74) is 5.02. The van der Waals surface area contributed by atoms with Crippen LogP contribution in [0.4, 0.5) is 5.69 Å². The number of aryl methyl sites for hydroxylation is 1. The van der Waals surface area contributed by atoms with Crippen molar-refractivity contribution in [2.75, 3.05) is 5.32 Å². The molecule has 94 valence electrons. The summed E-state index contributed by atoms with van der Waals surface area (Å²) in [6.07, 6.45) is 3.70. The molecule has 0 aliphatic rings. The summed E-state index contributed by atoms with van der Waals surface area (Å²) in [7, 11) is 0. The third kappa shape index (κ3) is 3.10. The second kappa shape index (κ2) is 5.67. The molecule has 2 heteroatoms. The first-order chi connectivity index (χ1) is 8.66. The molecule has 0 saturated heterocycles. The van der Waals surface area contributed by atoms with Crippen LogP contribution in [0.5, 0.6) is 0 Å². The largest absolute Gasteiger partial charge is 0.381 e. The van der Waals surface area contributed by atoms with Crippen LogP contribution >= 0.6 is 0 Å². The zero-order chi connectivity index (χ0) is 13.0. The molecule has 0 spiro atoms. The topological polar surface area (TPSA) is 24.9 Å². The summed E-state index contributed by atoms with van der Waals surface area (Å²) >= 11 is 0. The number of benzene rings is 1. The average molecular weight is 240 g/mol. The van der Waals surface area contributed by atoms with Crippen LogP contribution in [0.3, 0.4) is 0 Å². The van der Waals surface area contributed by atoms with Crippen molar-refractivity contribution in [1.29, 1.82) is 0 Å². The van der Waals surface area contributed by atoms with Crippen molar-refractivity contribution in [2.45, 2.75) is 33.2 Å². The van der Waals surface area contributed by atoms with E-state index in [2.05, 4.69) is 55.3 Å². The maximum Gasteiger partial charge on any atom is 0.0403 e. The zero-order valence-corrected chi connectivity index (χ0v) is 11.3. The van der Waals surface area contributed by atoms with E-state index in [0.717, 1.165) is 12.2 Å². The molecule has 0 radical (unpaired) electrons. The Morgan fingerprint density at radius 2 is 1.83 bits per heavy atom. The Morgan fingerprint density at radius 3 is 2.44 bits per heavy atom. The number of hydrogen-bond donors (Lipinski definition) is 1. The monoisotopic (exact) mass is 240 g/mol. The molecule has 0 bridgehead atoms. The number of rotatable bonds is 4. The van der Waals surface area contributed by atoms with Gasteiger partial charge in [-0.2, -0.15) is 0 Å². The molecule has 1 aromatic heterocycles. The molecular formula is C16H20N2. The molecule has 2 nitrogen and oxygen atoms in total. The van der Waals surface area contributed by atoms with E-state index in [1.165, 1.54) is 16.7 Å². The summed E-state index contributed by atoms with van der Waals surface area (Å²) in [4.78, 5) is 4.09. The van der Waals surface area contributed by atoms with Gasteiger partial charge in [0, 0.05) is 24.6 Å². The summed E-state index contributed by atoms with van der Waals surface area (Å²) in [6.45, 7) is 7.35. The number of pyridine rings is 1. The van der Waals surface area contributed by atoms with Gasteiger partial charge in [0.05, 0.1) is 0 Å². The Hall–Kier alpha value is -1.83. The van der Waals surface area contributed by atoms with Gasteiger partial charge in [-0.1, -0.05) is 38.1 Å². The lowest BCUT2D eigenvalue weighted by molar-refractivity contribution is 0.865. The van der Waals surface area contributed by atoms with Crippen molar-refractivity contribution < 1.29 is 0 Å². The van der Waals surface area contributed by atoms with Crippen molar-refractivity contribution in [2.24, 2.45) is 0 Å². The van der Waals surface area contributed by atoms with Gasteiger partial charge in [-0.15, -0.1) is 0 Å². The molecule has 1 aromatic carbocycles. The number of nitrogens with one attached hydrogen (secondary N) is 1. The first kappa shape index (κ1) is 12.6. The fourth-order valence-corrected chi connectivity index (χ4v) is 1.89. The molecule has 0 saturated carbocycles. The van der Waals surface area contributed by atoms with Crippen molar-refractivity contribution in [3.05, 3.63) is 59.4 Å². The molecular weight excluding hydrogens is 220 g/mol. The first-order valence-electron chi connectivity index (χ1n) is 6.40. The smallest absolute Gasteiger partial charge is 0.0403 e. The van der Waals surface area contributed by atoms with E-state index >= 15 is 0 Å². The van der Waals surface area contributed by atoms with Crippen molar-refractivity contribution in [3.8, 4) is 0 Å². The molecule has 2 rings (SSSR count). The third-order valence-corrected chi connectivity index (χ3v) is 3.15. The van der Waals surface area contributed by atoms with Gasteiger partial charge in [-0.3, -0.25) is 4.98 Å². The van der Waals surface area contributed by atoms with Crippen molar-refractivity contribution in [3.63, 3.8) is 0 Å². The van der Waals surface area contributed by atoms with Gasteiger partial charge in [0.2, 0.25) is 0 Å². The Balaban J connectivity index is 2.00. The van der Waals surface area contributed by atoms with Gasteiger partial charge in [-0.05, 0) is 35.6 Å². The van der Waals surface area contributed by atoms with E-state index in [1.54, 1.807) is 0 Å². The molecule has 0 aliphatic carbocycles. The quantitative estimate of drug-likeness (QED) is 0.869. The molecule has 18 heavy (non-hydrogen) atoms. The Kier molecular flexibility index (Phi) is 3.98. The average Bonchev–Trinajstić information content (AvgIpc) is 2.38. The summed E-state index contributed by atoms with van der Waals surface area (Å²) in [5, 5.41) is 3.44. The lowest BCUT2D eigenvalue weighted by atomic mass is 10.0. The normalized spacial score (nSPS) is 10.7. The molecule has 0 unspecified atom stereocenters. The van der Waals surface area contributed by atoms with Crippen LogP contribution in [0.1, 0.15) is 36.5 Å². The highest BCUT2D eigenvalue weighted by molar-refractivity contribution is 5.49. The second-order valence-corrected chi connectivity index (χ2v) is 4.94. The lowest BCUT2D eigenvalue weighted by Crippen LogP contribution is -2.01. The van der Waals surface area contributed by atoms with Crippen LogP contribution in [-0.2, 0) is 6.54 Å². The molecule has 0 atom stereocenters. The number of hydrogen-bond acceptors (Lipinski definition) is 2. The van der Waals surface area contributed by atoms with E-state index < -0.39 is 0 Å². The maximum atomic E-state index is 4.09. The molecule has 2 aromatic rings. The Morgan fingerprint density at radius 1 is 1.11 bits per heavy atom. The predicted molar refractivity (Wildman–Crippen MR) is 76.8 cm³/mol. The molecule has 0 amide bonds. The van der Waals surface area contributed by atoms with E-state index in [-0.39, 0.29) is 0 Å². The summed E-state index contributed by atoms with van der Waals surface area (Å²) < 4.78 is 0. The van der Waals surface area contributed by atoms with E-state index in [1.807, 2.05) is 18.5 Å². The van der Waals surface area contributed by atoms with Crippen molar-refractivity contribution >= 4 is 5.69 Å². The van der Waals surface area contributed by atoms with Gasteiger partial charge in [0.1, 0.15) is 0 Å². The van der Waals surface area contributed by atoms with Crippen LogP contribution in [0, 0.1) is 6.92 Å². The van der Waals surface area contributed by atoms with Crippen LogP contribution in [0.2, 0.25) is 0 Å². The highest BCUT2D eigenvalue weighted by Gasteiger charge is 2.00. The first-order valence-corrected chi connectivity index (χ1v) is 6.40. The second-order valence-electron chi connectivity index (χ2n) is 4.94. The highest BCUT2D eigenvalue weighted by Crippen LogP contribution is 2.16. The van der Waals surface area contributed by atoms with Gasteiger partial charge >= 0.3 is 0 Å². The number of nitrogens with zero attached hydrogens (tertiary/aromatic N) is 1. The highest BCUT2D eigenvalue weighted by atomic mass is 14.9. The van der Waals surface area contributed by atoms with Crippen LogP contribution in [-0.4, -0.2) is 4.98 Å². The zero-order valence-electron chi connectivity index (χ0n) is 11.3. The van der Waals surface area contributed by atoms with Gasteiger partial charge in [-0.25, -0.2) is 0 Å². The molecule has 1 N–H and O–H groups in total. The van der Waals surface area contributed by atoms with E-state index in [0.29, 0.717) is 5.92 Å². The summed E-state index contributed by atoms with van der Waals surface area (Å²) in [5.74, 6) is 0.592. The molecule has 0 fully saturated rings. The van der Waals surface area contributed by atoms with Gasteiger partial charge < -0.3 is 5.32 Å². The van der Waals surface area contributed by atoms with Crippen LogP contribution in [0.25, 0.3) is 0 Å². The standard InChI is InChI=1S/C16H20N2/c1-12(2)15-6-4-14(5-7-15)11-18-16-8-9-17-10-13(16)3/h4-10,12H,11H2,1-3H3,(H,17,18). The minimum absolute atomic E-state index is 0.592. The van der Waals surface area contributed by atoms with Crippen LogP contribution in [0.15, 0.2) is 42.7 Å². The lowest BCUT2D eigenvalue weighted by Gasteiger charge is -2.10. The molecule has 0 aliphatic heterocycles. The fraction of sp³-hybridized carbons (Fsp3) is 0.312. The Bertz CT molecular complexity index is 501. The van der Waals surface area contributed by atoms with Crippen LogP contribution < -0.4 is 5.32 Å². The molecule has 1 heterocycles. The van der Waals surface area contributed by atoms with Gasteiger partial charge in [0.15, 0.2) is 0 Å².